The standard InChI is InChI=1S/C26H25N3O4/c1-17-11-12-21(33-17)15-23(26(30)31)29-25-22(13-18-7-4-3-5-8-18)28-24(16-27-25)19-9-6-10-20(14-19)32-2/h3-12,14,16,23H,13,15H2,1-2H3,(H,27,29)(H,30,31). The zero-order valence-electron chi connectivity index (χ0n) is 18.5. The number of furan rings is 1. The van der Waals surface area contributed by atoms with Crippen molar-refractivity contribution < 1.29 is 19.1 Å². The Labute approximate surface area is 192 Å². The second-order valence-electron chi connectivity index (χ2n) is 7.70. The van der Waals surface area contributed by atoms with Crippen LogP contribution in [0.25, 0.3) is 11.3 Å². The van der Waals surface area contributed by atoms with E-state index in [9.17, 15) is 9.90 Å². The number of carboxylic acids is 1. The maximum atomic E-state index is 12.0. The lowest BCUT2D eigenvalue weighted by Gasteiger charge is -2.17. The first kappa shape index (κ1) is 22.1. The van der Waals surface area contributed by atoms with Crippen LogP contribution in [0.5, 0.6) is 5.75 Å². The third-order valence-electron chi connectivity index (χ3n) is 5.23. The number of carbonyl (C=O) groups is 1. The number of nitrogens with zero attached hydrogens (tertiary/aromatic N) is 2. The molecule has 7 nitrogen and oxygen atoms in total. The predicted molar refractivity (Wildman–Crippen MR) is 125 cm³/mol. The molecule has 168 valence electrons. The molecule has 0 saturated heterocycles. The third kappa shape index (κ3) is 5.57. The van der Waals surface area contributed by atoms with Crippen molar-refractivity contribution in [1.82, 2.24) is 9.97 Å². The highest BCUT2D eigenvalue weighted by Crippen LogP contribution is 2.25. The number of methoxy groups -OCH3 is 1. The minimum absolute atomic E-state index is 0.188. The van der Waals surface area contributed by atoms with E-state index >= 15 is 0 Å². The van der Waals surface area contributed by atoms with Crippen LogP contribution in [0.4, 0.5) is 5.82 Å². The molecule has 0 aliphatic rings. The number of aromatic nitrogens is 2. The van der Waals surface area contributed by atoms with Crippen LogP contribution in [-0.4, -0.2) is 34.2 Å². The van der Waals surface area contributed by atoms with E-state index in [0.717, 1.165) is 22.6 Å². The van der Waals surface area contributed by atoms with Gasteiger partial charge in [0.2, 0.25) is 0 Å². The molecule has 4 aromatic rings. The van der Waals surface area contributed by atoms with Crippen molar-refractivity contribution in [1.29, 1.82) is 0 Å². The highest BCUT2D eigenvalue weighted by Gasteiger charge is 2.22. The Morgan fingerprint density at radius 3 is 2.64 bits per heavy atom. The van der Waals surface area contributed by atoms with Crippen LogP contribution in [0, 0.1) is 6.92 Å². The largest absolute Gasteiger partial charge is 0.497 e. The van der Waals surface area contributed by atoms with E-state index in [1.165, 1.54) is 0 Å². The number of benzene rings is 2. The molecule has 2 aromatic heterocycles. The summed E-state index contributed by atoms with van der Waals surface area (Å²) in [5.74, 6) is 1.50. The summed E-state index contributed by atoms with van der Waals surface area (Å²) in [7, 11) is 1.62. The summed E-state index contributed by atoms with van der Waals surface area (Å²) in [4.78, 5) is 21.4. The summed E-state index contributed by atoms with van der Waals surface area (Å²) in [6, 6.07) is 20.2. The first-order valence-electron chi connectivity index (χ1n) is 10.6. The number of hydrogen-bond donors (Lipinski definition) is 2. The van der Waals surface area contributed by atoms with Gasteiger partial charge in [0.15, 0.2) is 0 Å². The summed E-state index contributed by atoms with van der Waals surface area (Å²) >= 11 is 0. The van der Waals surface area contributed by atoms with Crippen LogP contribution in [0.2, 0.25) is 0 Å². The lowest BCUT2D eigenvalue weighted by atomic mass is 10.1. The molecule has 4 rings (SSSR count). The molecule has 33 heavy (non-hydrogen) atoms. The van der Waals surface area contributed by atoms with Crippen LogP contribution in [0.1, 0.15) is 22.8 Å². The van der Waals surface area contributed by atoms with Gasteiger partial charge in [-0.1, -0.05) is 42.5 Å². The van der Waals surface area contributed by atoms with Gasteiger partial charge in [0.05, 0.1) is 24.7 Å². The molecule has 2 N–H and O–H groups in total. The Kier molecular flexibility index (Phi) is 6.69. The molecule has 1 unspecified atom stereocenters. The van der Waals surface area contributed by atoms with Crippen molar-refractivity contribution in [2.45, 2.75) is 25.8 Å². The quantitative estimate of drug-likeness (QED) is 0.385. The summed E-state index contributed by atoms with van der Waals surface area (Å²) < 4.78 is 10.9. The van der Waals surface area contributed by atoms with E-state index in [1.54, 1.807) is 19.4 Å². The summed E-state index contributed by atoms with van der Waals surface area (Å²) in [5.41, 5.74) is 3.25. The first-order chi connectivity index (χ1) is 16.0. The van der Waals surface area contributed by atoms with Crippen LogP contribution >= 0.6 is 0 Å². The van der Waals surface area contributed by atoms with Crippen LogP contribution < -0.4 is 10.1 Å². The number of carboxylic acid groups (broad SMARTS) is 1. The Morgan fingerprint density at radius 1 is 1.12 bits per heavy atom. The van der Waals surface area contributed by atoms with Gasteiger partial charge in [-0.3, -0.25) is 0 Å². The van der Waals surface area contributed by atoms with Crippen LogP contribution in [-0.2, 0) is 17.6 Å². The maximum Gasteiger partial charge on any atom is 0.326 e. The van der Waals surface area contributed by atoms with Gasteiger partial charge in [-0.05, 0) is 36.8 Å². The molecule has 0 bridgehead atoms. The molecule has 0 amide bonds. The van der Waals surface area contributed by atoms with Gasteiger partial charge in [0, 0.05) is 18.4 Å². The topological polar surface area (TPSA) is 97.5 Å². The predicted octanol–water partition coefficient (Wildman–Crippen LogP) is 4.75. The molecule has 0 radical (unpaired) electrons. The average molecular weight is 444 g/mol. The number of ether oxygens (including phenoxy) is 1. The smallest absolute Gasteiger partial charge is 0.326 e. The van der Waals surface area contributed by atoms with E-state index in [-0.39, 0.29) is 6.42 Å². The highest BCUT2D eigenvalue weighted by atomic mass is 16.5. The molecule has 2 aromatic carbocycles. The zero-order chi connectivity index (χ0) is 23.2. The molecule has 2 heterocycles. The Bertz CT molecular complexity index is 1240. The number of aliphatic carboxylic acids is 1. The van der Waals surface area contributed by atoms with Gasteiger partial charge in [-0.2, -0.15) is 0 Å². The second kappa shape index (κ2) is 9.99. The van der Waals surface area contributed by atoms with Crippen molar-refractivity contribution >= 4 is 11.8 Å². The van der Waals surface area contributed by atoms with Crippen molar-refractivity contribution in [3.05, 3.63) is 95.7 Å². The minimum atomic E-state index is -0.992. The summed E-state index contributed by atoms with van der Waals surface area (Å²) in [6.07, 6.45) is 2.33. The monoisotopic (exact) mass is 443 g/mol. The molecule has 0 spiro atoms. The summed E-state index contributed by atoms with van der Waals surface area (Å²) in [5, 5.41) is 12.9. The van der Waals surface area contributed by atoms with Crippen molar-refractivity contribution in [2.24, 2.45) is 0 Å². The number of rotatable bonds is 9. The number of aryl methyl sites for hydroxylation is 1. The van der Waals surface area contributed by atoms with E-state index in [0.29, 0.717) is 29.4 Å². The Balaban J connectivity index is 1.68. The molecule has 7 heteroatoms. The van der Waals surface area contributed by atoms with Gasteiger partial charge >= 0.3 is 5.97 Å². The fourth-order valence-electron chi connectivity index (χ4n) is 3.54. The highest BCUT2D eigenvalue weighted by molar-refractivity contribution is 5.77. The molecule has 0 aliphatic carbocycles. The second-order valence-corrected chi connectivity index (χ2v) is 7.70. The van der Waals surface area contributed by atoms with E-state index < -0.39 is 12.0 Å². The van der Waals surface area contributed by atoms with Gasteiger partial charge in [-0.15, -0.1) is 0 Å². The Morgan fingerprint density at radius 2 is 1.94 bits per heavy atom. The van der Waals surface area contributed by atoms with E-state index in [2.05, 4.69) is 10.3 Å². The zero-order valence-corrected chi connectivity index (χ0v) is 18.5. The maximum absolute atomic E-state index is 12.0. The molecular formula is C26H25N3O4. The molecule has 0 aliphatic heterocycles. The summed E-state index contributed by atoms with van der Waals surface area (Å²) in [6.45, 7) is 1.83. The number of anilines is 1. The average Bonchev–Trinajstić information content (AvgIpc) is 3.24. The minimum Gasteiger partial charge on any atom is -0.497 e. The van der Waals surface area contributed by atoms with Crippen LogP contribution in [0.15, 0.2) is 77.3 Å². The van der Waals surface area contributed by atoms with Gasteiger partial charge in [0.25, 0.3) is 0 Å². The van der Waals surface area contributed by atoms with Crippen molar-refractivity contribution in [3.63, 3.8) is 0 Å². The number of hydrogen-bond acceptors (Lipinski definition) is 6. The fraction of sp³-hybridized carbons (Fsp3) is 0.192. The lowest BCUT2D eigenvalue weighted by Crippen LogP contribution is -2.32. The Hall–Kier alpha value is -4.13. The normalized spacial score (nSPS) is 11.7. The number of nitrogens with one attached hydrogen (secondary N) is 1. The fourth-order valence-corrected chi connectivity index (χ4v) is 3.54. The molecule has 0 fully saturated rings. The molecular weight excluding hydrogens is 418 g/mol. The first-order valence-corrected chi connectivity index (χ1v) is 10.6. The van der Waals surface area contributed by atoms with Gasteiger partial charge in [-0.25, -0.2) is 14.8 Å². The van der Waals surface area contributed by atoms with Gasteiger partial charge in [0.1, 0.15) is 29.1 Å². The van der Waals surface area contributed by atoms with E-state index in [4.69, 9.17) is 14.1 Å². The van der Waals surface area contributed by atoms with Gasteiger partial charge < -0.3 is 19.6 Å². The SMILES string of the molecule is COc1cccc(-c2cnc(NC(Cc3ccc(C)o3)C(=O)O)c(Cc3ccccc3)n2)c1. The van der Waals surface area contributed by atoms with E-state index in [1.807, 2.05) is 67.6 Å². The van der Waals surface area contributed by atoms with Crippen LogP contribution in [0.3, 0.4) is 0 Å². The van der Waals surface area contributed by atoms with Crippen molar-refractivity contribution in [3.8, 4) is 17.0 Å². The molecule has 1 atom stereocenters. The molecule has 0 saturated carbocycles. The lowest BCUT2D eigenvalue weighted by molar-refractivity contribution is -0.138. The third-order valence-corrected chi connectivity index (χ3v) is 5.23. The van der Waals surface area contributed by atoms with Crippen molar-refractivity contribution in [2.75, 3.05) is 12.4 Å².